The van der Waals surface area contributed by atoms with Crippen LogP contribution in [0.25, 0.3) is 0 Å². The van der Waals surface area contributed by atoms with E-state index in [1.54, 1.807) is 48.5 Å². The highest BCUT2D eigenvalue weighted by molar-refractivity contribution is 6.03. The number of benzene rings is 2. The SMILES string of the molecule is N#Cc1ccc(NC(=O)c2cc(Nc3ccc(F)cc3)ccn2)cc1. The highest BCUT2D eigenvalue weighted by atomic mass is 19.1. The normalized spacial score (nSPS) is 9.92. The van der Waals surface area contributed by atoms with Gasteiger partial charge in [-0.25, -0.2) is 4.39 Å². The predicted octanol–water partition coefficient (Wildman–Crippen LogP) is 4.09. The van der Waals surface area contributed by atoms with Crippen LogP contribution < -0.4 is 10.6 Å². The van der Waals surface area contributed by atoms with Crippen LogP contribution in [0.5, 0.6) is 0 Å². The van der Waals surface area contributed by atoms with Crippen molar-refractivity contribution in [3.8, 4) is 6.07 Å². The lowest BCUT2D eigenvalue weighted by molar-refractivity contribution is 0.102. The Morgan fingerprint density at radius 2 is 1.64 bits per heavy atom. The van der Waals surface area contributed by atoms with Crippen molar-refractivity contribution in [2.75, 3.05) is 10.6 Å². The standard InChI is InChI=1S/C19H13FN4O/c20-14-3-7-15(8-4-14)23-17-9-10-22-18(11-17)19(25)24-16-5-1-13(12-21)2-6-16/h1-11H,(H,22,23)(H,24,25). The van der Waals surface area contributed by atoms with Crippen LogP contribution >= 0.6 is 0 Å². The quantitative estimate of drug-likeness (QED) is 0.754. The number of halogens is 1. The summed E-state index contributed by atoms with van der Waals surface area (Å²) >= 11 is 0. The molecule has 2 aromatic carbocycles. The number of nitrogens with one attached hydrogen (secondary N) is 2. The molecule has 25 heavy (non-hydrogen) atoms. The molecule has 0 fully saturated rings. The number of carbonyl (C=O) groups is 1. The fourth-order valence-corrected chi connectivity index (χ4v) is 2.16. The Labute approximate surface area is 143 Å². The lowest BCUT2D eigenvalue weighted by atomic mass is 10.2. The van der Waals surface area contributed by atoms with Crippen LogP contribution in [0.1, 0.15) is 16.1 Å². The van der Waals surface area contributed by atoms with Crippen LogP contribution in [0, 0.1) is 17.1 Å². The first kappa shape index (κ1) is 16.1. The topological polar surface area (TPSA) is 77.8 Å². The zero-order chi connectivity index (χ0) is 17.6. The van der Waals surface area contributed by atoms with Crippen molar-refractivity contribution >= 4 is 23.0 Å². The largest absolute Gasteiger partial charge is 0.355 e. The van der Waals surface area contributed by atoms with Crippen LogP contribution in [0.4, 0.5) is 21.5 Å². The molecule has 0 bridgehead atoms. The van der Waals surface area contributed by atoms with E-state index in [-0.39, 0.29) is 17.4 Å². The molecule has 0 aliphatic heterocycles. The Hall–Kier alpha value is -3.72. The molecule has 0 spiro atoms. The summed E-state index contributed by atoms with van der Waals surface area (Å²) in [5.74, 6) is -0.685. The third kappa shape index (κ3) is 4.18. The van der Waals surface area contributed by atoms with Gasteiger partial charge in [-0.2, -0.15) is 5.26 Å². The highest BCUT2D eigenvalue weighted by Crippen LogP contribution is 2.18. The van der Waals surface area contributed by atoms with E-state index in [0.29, 0.717) is 22.6 Å². The number of nitriles is 1. The van der Waals surface area contributed by atoms with Crippen molar-refractivity contribution in [1.82, 2.24) is 4.98 Å². The second-order valence-corrected chi connectivity index (χ2v) is 5.20. The lowest BCUT2D eigenvalue weighted by Gasteiger charge is -2.08. The van der Waals surface area contributed by atoms with Gasteiger partial charge < -0.3 is 10.6 Å². The summed E-state index contributed by atoms with van der Waals surface area (Å²) in [5.41, 5.74) is 2.68. The fraction of sp³-hybridized carbons (Fsp3) is 0. The number of pyridine rings is 1. The van der Waals surface area contributed by atoms with Gasteiger partial charge in [0.05, 0.1) is 11.6 Å². The van der Waals surface area contributed by atoms with E-state index in [1.165, 1.54) is 18.3 Å². The van der Waals surface area contributed by atoms with Crippen molar-refractivity contribution < 1.29 is 9.18 Å². The summed E-state index contributed by atoms with van der Waals surface area (Å²) in [4.78, 5) is 16.4. The van der Waals surface area contributed by atoms with Gasteiger partial charge in [0.25, 0.3) is 5.91 Å². The molecule has 1 heterocycles. The van der Waals surface area contributed by atoms with Crippen LogP contribution in [0.15, 0.2) is 66.9 Å². The van der Waals surface area contributed by atoms with Gasteiger partial charge in [0.15, 0.2) is 0 Å². The number of hydrogen-bond donors (Lipinski definition) is 2. The fourth-order valence-electron chi connectivity index (χ4n) is 2.16. The van der Waals surface area contributed by atoms with Gasteiger partial charge in [0.2, 0.25) is 0 Å². The number of carbonyl (C=O) groups excluding carboxylic acids is 1. The molecule has 1 aromatic heterocycles. The summed E-state index contributed by atoms with van der Waals surface area (Å²) in [6, 6.07) is 17.8. The van der Waals surface area contributed by atoms with Crippen LogP contribution in [-0.2, 0) is 0 Å². The summed E-state index contributed by atoms with van der Waals surface area (Å²) < 4.78 is 12.9. The Kier molecular flexibility index (Phi) is 4.67. The first-order valence-electron chi connectivity index (χ1n) is 7.44. The molecule has 0 unspecified atom stereocenters. The molecule has 0 radical (unpaired) electrons. The average Bonchev–Trinajstić information content (AvgIpc) is 2.64. The summed E-state index contributed by atoms with van der Waals surface area (Å²) in [6.07, 6.45) is 1.51. The molecule has 5 nitrogen and oxygen atoms in total. The first-order valence-corrected chi connectivity index (χ1v) is 7.44. The molecule has 0 atom stereocenters. The van der Waals surface area contributed by atoms with E-state index in [2.05, 4.69) is 15.6 Å². The van der Waals surface area contributed by atoms with E-state index in [4.69, 9.17) is 5.26 Å². The van der Waals surface area contributed by atoms with Crippen molar-refractivity contribution in [2.45, 2.75) is 0 Å². The molecule has 6 heteroatoms. The summed E-state index contributed by atoms with van der Waals surface area (Å²) in [6.45, 7) is 0. The van der Waals surface area contributed by atoms with Crippen molar-refractivity contribution in [3.63, 3.8) is 0 Å². The molecule has 2 N–H and O–H groups in total. The Morgan fingerprint density at radius 1 is 0.960 bits per heavy atom. The number of hydrogen-bond acceptors (Lipinski definition) is 4. The molecule has 1 amide bonds. The monoisotopic (exact) mass is 332 g/mol. The zero-order valence-corrected chi connectivity index (χ0v) is 13.0. The number of nitrogens with zero attached hydrogens (tertiary/aromatic N) is 2. The van der Waals surface area contributed by atoms with Crippen LogP contribution in [0.2, 0.25) is 0 Å². The van der Waals surface area contributed by atoms with Gasteiger partial charge in [0.1, 0.15) is 11.5 Å². The third-order valence-electron chi connectivity index (χ3n) is 3.40. The molecule has 3 aromatic rings. The van der Waals surface area contributed by atoms with Gasteiger partial charge in [0, 0.05) is 23.3 Å². The van der Waals surface area contributed by atoms with Gasteiger partial charge in [-0.15, -0.1) is 0 Å². The van der Waals surface area contributed by atoms with Crippen LogP contribution in [-0.4, -0.2) is 10.9 Å². The lowest BCUT2D eigenvalue weighted by Crippen LogP contribution is -2.13. The van der Waals surface area contributed by atoms with Gasteiger partial charge in [-0.1, -0.05) is 0 Å². The molecule has 0 saturated carbocycles. The third-order valence-corrected chi connectivity index (χ3v) is 3.40. The maximum Gasteiger partial charge on any atom is 0.274 e. The molecule has 0 aliphatic carbocycles. The second kappa shape index (κ2) is 7.23. The highest BCUT2D eigenvalue weighted by Gasteiger charge is 2.09. The van der Waals surface area contributed by atoms with E-state index in [0.717, 1.165) is 0 Å². The first-order chi connectivity index (χ1) is 12.1. The minimum Gasteiger partial charge on any atom is -0.355 e. The van der Waals surface area contributed by atoms with Crippen molar-refractivity contribution in [3.05, 3.63) is 83.9 Å². The van der Waals surface area contributed by atoms with E-state index >= 15 is 0 Å². The molecule has 0 aliphatic rings. The van der Waals surface area contributed by atoms with Crippen molar-refractivity contribution in [2.24, 2.45) is 0 Å². The minimum absolute atomic E-state index is 0.233. The number of anilines is 3. The molecule has 122 valence electrons. The smallest absolute Gasteiger partial charge is 0.274 e. The average molecular weight is 332 g/mol. The maximum absolute atomic E-state index is 12.9. The van der Waals surface area contributed by atoms with Crippen molar-refractivity contribution in [1.29, 1.82) is 5.26 Å². The number of aromatic nitrogens is 1. The zero-order valence-electron chi connectivity index (χ0n) is 13.0. The summed E-state index contributed by atoms with van der Waals surface area (Å²) in [5, 5.41) is 14.6. The Balaban J connectivity index is 1.72. The Bertz CT molecular complexity index is 931. The Morgan fingerprint density at radius 3 is 2.32 bits per heavy atom. The number of amides is 1. The maximum atomic E-state index is 12.9. The predicted molar refractivity (Wildman–Crippen MR) is 93.0 cm³/mol. The molecule has 0 saturated heterocycles. The van der Waals surface area contributed by atoms with Gasteiger partial charge in [-0.3, -0.25) is 9.78 Å². The molecular weight excluding hydrogens is 319 g/mol. The minimum atomic E-state index is -0.368. The van der Waals surface area contributed by atoms with E-state index in [1.807, 2.05) is 6.07 Å². The van der Waals surface area contributed by atoms with E-state index in [9.17, 15) is 9.18 Å². The van der Waals surface area contributed by atoms with Gasteiger partial charge >= 0.3 is 0 Å². The van der Waals surface area contributed by atoms with Crippen LogP contribution in [0.3, 0.4) is 0 Å². The molecule has 3 rings (SSSR count). The molecular formula is C19H13FN4O. The summed E-state index contributed by atoms with van der Waals surface area (Å²) in [7, 11) is 0. The van der Waals surface area contributed by atoms with E-state index < -0.39 is 0 Å². The number of rotatable bonds is 4. The second-order valence-electron chi connectivity index (χ2n) is 5.20. The van der Waals surface area contributed by atoms with Gasteiger partial charge in [-0.05, 0) is 60.7 Å².